The first-order chi connectivity index (χ1) is 35.5. The summed E-state index contributed by atoms with van der Waals surface area (Å²) in [6.07, 6.45) is -15.8. The number of hydrogen-bond acceptors (Lipinski definition) is 14. The molecule has 3 heterocycles. The van der Waals surface area contributed by atoms with Crippen LogP contribution in [0, 0.1) is 11.8 Å². The fourth-order valence-corrected chi connectivity index (χ4v) is 8.12. The minimum Gasteiger partial charge on any atom is -0.475 e. The van der Waals surface area contributed by atoms with Gasteiger partial charge < -0.3 is 72.5 Å². The Balaban J connectivity index is 0.000000953. The maximum absolute atomic E-state index is 14.2. The number of hydrogen-bond donors (Lipinski definition) is 10. The number of benzene rings is 2. The number of amides is 6. The average Bonchev–Trinajstić information content (AvgIpc) is 3.85. The molecule has 3 fully saturated rings. The fourth-order valence-electron chi connectivity index (χ4n) is 8.12. The Kier molecular flexibility index (Phi) is 24.5. The van der Waals surface area contributed by atoms with Gasteiger partial charge in [0.05, 0.1) is 24.3 Å². The molecule has 3 aliphatic heterocycles. The van der Waals surface area contributed by atoms with Crippen molar-refractivity contribution >= 4 is 47.4 Å². The van der Waals surface area contributed by atoms with Crippen LogP contribution in [-0.2, 0) is 70.1 Å². The number of aliphatic carboxylic acids is 2. The lowest BCUT2D eigenvalue weighted by molar-refractivity contribution is -0.193. The van der Waals surface area contributed by atoms with E-state index in [1.165, 1.54) is 14.2 Å². The molecule has 4 bridgehead atoms. The SMILES string of the molecule is CO[C@@H]1[C@H](N)[C@H]2CNC(=O)[C@H](CC(C)C)NC(=O)[C@H](Cc3ccccc3)NC(=O)[C@@H]3O[C@H](CNC(=O)[C@H](CC(C)C)NC(=O)[C@H](Cc4ccccc4)NC(=O)[C@@H]1O2)[C@@H](N)[C@H]3OC.O=C(O)C(F)(F)F.O=C(O)C(F)(F)F. The summed E-state index contributed by atoms with van der Waals surface area (Å²) in [5.41, 5.74) is 14.6. The van der Waals surface area contributed by atoms with Gasteiger partial charge in [0.1, 0.15) is 36.4 Å². The number of carbonyl (C=O) groups is 8. The first-order valence-corrected chi connectivity index (χ1v) is 23.8. The third-order valence-corrected chi connectivity index (χ3v) is 11.9. The largest absolute Gasteiger partial charge is 0.490 e. The van der Waals surface area contributed by atoms with Gasteiger partial charge in [-0.1, -0.05) is 88.4 Å². The van der Waals surface area contributed by atoms with Crippen molar-refractivity contribution in [2.24, 2.45) is 23.3 Å². The number of alkyl halides is 6. The summed E-state index contributed by atoms with van der Waals surface area (Å²) < 4.78 is 87.1. The van der Waals surface area contributed by atoms with E-state index in [1.54, 1.807) is 24.3 Å². The van der Waals surface area contributed by atoms with E-state index < -0.39 is 133 Å². The number of carbonyl (C=O) groups excluding carboxylic acids is 6. The molecular formula is C48H66F6N8O14. The van der Waals surface area contributed by atoms with Gasteiger partial charge in [-0.05, 0) is 35.8 Å². The Morgan fingerprint density at radius 2 is 0.842 bits per heavy atom. The number of carboxylic acid groups (broad SMARTS) is 2. The van der Waals surface area contributed by atoms with E-state index in [-0.39, 0.29) is 50.6 Å². The first kappa shape index (κ1) is 63.8. The van der Waals surface area contributed by atoms with Crippen LogP contribution in [0.3, 0.4) is 0 Å². The number of fused-ring (bicyclic) bond motifs is 4. The second kappa shape index (κ2) is 29.2. The first-order valence-electron chi connectivity index (χ1n) is 23.8. The lowest BCUT2D eigenvalue weighted by atomic mass is 9.99. The van der Waals surface area contributed by atoms with Gasteiger partial charge in [0, 0.05) is 40.2 Å². The second-order valence-corrected chi connectivity index (χ2v) is 18.7. The van der Waals surface area contributed by atoms with E-state index in [0.717, 1.165) is 11.1 Å². The van der Waals surface area contributed by atoms with Crippen molar-refractivity contribution in [3.8, 4) is 0 Å². The van der Waals surface area contributed by atoms with E-state index in [1.807, 2.05) is 64.1 Å². The van der Waals surface area contributed by atoms with Gasteiger partial charge in [0.15, 0.2) is 12.2 Å². The highest BCUT2D eigenvalue weighted by Crippen LogP contribution is 2.25. The molecule has 0 unspecified atom stereocenters. The number of nitrogens with two attached hydrogens (primary N) is 2. The molecule has 0 saturated carbocycles. The molecule has 5 rings (SSSR count). The van der Waals surface area contributed by atoms with Gasteiger partial charge in [0.2, 0.25) is 23.6 Å². The Bertz CT molecular complexity index is 2110. The summed E-state index contributed by atoms with van der Waals surface area (Å²) in [6.45, 7) is 7.32. The molecule has 28 heteroatoms. The van der Waals surface area contributed by atoms with Gasteiger partial charge in [-0.2, -0.15) is 26.3 Å². The van der Waals surface area contributed by atoms with Crippen LogP contribution < -0.4 is 43.4 Å². The molecule has 0 spiro atoms. The van der Waals surface area contributed by atoms with E-state index in [9.17, 15) is 55.1 Å². The predicted octanol–water partition coefficient (Wildman–Crippen LogP) is 0.235. The van der Waals surface area contributed by atoms with Crippen LogP contribution in [0.4, 0.5) is 26.3 Å². The number of carboxylic acids is 2. The maximum atomic E-state index is 14.2. The molecule has 12 N–H and O–H groups in total. The van der Waals surface area contributed by atoms with Crippen molar-refractivity contribution in [3.05, 3.63) is 71.8 Å². The summed E-state index contributed by atoms with van der Waals surface area (Å²) in [7, 11) is 2.76. The topological polar surface area (TPSA) is 338 Å². The molecule has 0 aromatic heterocycles. The maximum Gasteiger partial charge on any atom is 0.490 e. The zero-order valence-electron chi connectivity index (χ0n) is 42.3. The van der Waals surface area contributed by atoms with Gasteiger partial charge in [-0.15, -0.1) is 0 Å². The van der Waals surface area contributed by atoms with Crippen molar-refractivity contribution in [3.63, 3.8) is 0 Å². The molecule has 2 aromatic carbocycles. The van der Waals surface area contributed by atoms with Crippen LogP contribution in [0.15, 0.2) is 60.7 Å². The fraction of sp³-hybridized carbons (Fsp3) is 0.583. The van der Waals surface area contributed by atoms with Gasteiger partial charge in [0.25, 0.3) is 11.8 Å². The molecule has 76 heavy (non-hydrogen) atoms. The molecular weight excluding hydrogens is 1030 g/mol. The van der Waals surface area contributed by atoms with Crippen molar-refractivity contribution in [1.82, 2.24) is 31.9 Å². The van der Waals surface area contributed by atoms with Crippen molar-refractivity contribution in [2.45, 2.75) is 139 Å². The molecule has 12 atom stereocenters. The van der Waals surface area contributed by atoms with E-state index in [2.05, 4.69) is 31.9 Å². The Morgan fingerprint density at radius 1 is 0.553 bits per heavy atom. The molecule has 2 aromatic rings. The highest BCUT2D eigenvalue weighted by atomic mass is 19.4. The number of methoxy groups -OCH3 is 2. The Morgan fingerprint density at radius 3 is 1.11 bits per heavy atom. The van der Waals surface area contributed by atoms with E-state index in [4.69, 9.17) is 50.2 Å². The van der Waals surface area contributed by atoms with Crippen LogP contribution in [0.1, 0.15) is 51.7 Å². The number of halogens is 6. The monoisotopic (exact) mass is 1090 g/mol. The van der Waals surface area contributed by atoms with E-state index in [0.29, 0.717) is 0 Å². The number of nitrogens with one attached hydrogen (secondary N) is 6. The van der Waals surface area contributed by atoms with Crippen LogP contribution >= 0.6 is 0 Å². The van der Waals surface area contributed by atoms with Crippen LogP contribution in [0.25, 0.3) is 0 Å². The summed E-state index contributed by atoms with van der Waals surface area (Å²) >= 11 is 0. The molecule has 424 valence electrons. The summed E-state index contributed by atoms with van der Waals surface area (Å²) in [5, 5.41) is 31.2. The molecule has 3 saturated heterocycles. The summed E-state index contributed by atoms with van der Waals surface area (Å²) in [5.74, 6) is -9.25. The lowest BCUT2D eigenvalue weighted by Gasteiger charge is -2.27. The highest BCUT2D eigenvalue weighted by Gasteiger charge is 2.49. The molecule has 22 nitrogen and oxygen atoms in total. The minimum atomic E-state index is -5.08. The van der Waals surface area contributed by atoms with E-state index >= 15 is 0 Å². The minimum absolute atomic E-state index is 0.0362. The smallest absolute Gasteiger partial charge is 0.475 e. The molecule has 6 amide bonds. The number of rotatable bonds is 10. The Hall–Kier alpha value is -6.46. The highest BCUT2D eigenvalue weighted by molar-refractivity contribution is 5.94. The average molecular weight is 1090 g/mol. The third-order valence-electron chi connectivity index (χ3n) is 11.9. The summed E-state index contributed by atoms with van der Waals surface area (Å²) in [4.78, 5) is 102. The molecule has 0 radical (unpaired) electrons. The van der Waals surface area contributed by atoms with Crippen LogP contribution in [0.2, 0.25) is 0 Å². The Labute approximate surface area is 433 Å². The van der Waals surface area contributed by atoms with Gasteiger partial charge in [-0.25, -0.2) is 9.59 Å². The normalized spacial score (nSPS) is 28.2. The zero-order valence-corrected chi connectivity index (χ0v) is 42.3. The second-order valence-electron chi connectivity index (χ2n) is 18.7. The number of ether oxygens (including phenoxy) is 4. The molecule has 3 aliphatic rings. The predicted molar refractivity (Wildman–Crippen MR) is 255 cm³/mol. The van der Waals surface area contributed by atoms with Gasteiger partial charge >= 0.3 is 24.3 Å². The van der Waals surface area contributed by atoms with Gasteiger partial charge in [-0.3, -0.25) is 28.8 Å². The van der Waals surface area contributed by atoms with Crippen LogP contribution in [0.5, 0.6) is 0 Å². The standard InChI is InChI=1S/C44H64N8O10.2C2HF3O2/c1-23(2)17-27-39(53)47-21-31-33(45)35(59-5)38(61-31)44(58)52-30(20-26-15-11-8-12-16-26)42(56)50-28(18-24(3)4)40(54)48-22-32-34(46)36(60-6)37(62-32)43(57)51-29(41(55)49-27)19-25-13-9-7-10-14-25;2*3-2(4,5)1(6)7/h7-16,23-24,27-38H,17-22,45-46H2,1-6H3,(H,47,53)(H,48,54)(H,49,55)(H,50,56)(H,51,57)(H,52,58);2*(H,6,7)/t27-,28-,29-,30-,31+,32+,33+,34+,35+,36+,37+,38+;;/m0../s1. The zero-order chi connectivity index (χ0) is 57.2. The third kappa shape index (κ3) is 19.6. The quantitative estimate of drug-likeness (QED) is 0.143. The van der Waals surface area contributed by atoms with Crippen molar-refractivity contribution in [2.75, 3.05) is 27.3 Å². The van der Waals surface area contributed by atoms with Crippen molar-refractivity contribution < 1.29 is 93.9 Å². The molecule has 0 aliphatic carbocycles. The lowest BCUT2D eigenvalue weighted by Crippen LogP contribution is -2.58. The van der Waals surface area contributed by atoms with Crippen molar-refractivity contribution in [1.29, 1.82) is 0 Å². The van der Waals surface area contributed by atoms with Crippen LogP contribution in [-0.4, -0.2) is 170 Å². The summed E-state index contributed by atoms with van der Waals surface area (Å²) in [6, 6.07) is 12.0.